The van der Waals surface area contributed by atoms with Crippen molar-refractivity contribution >= 4 is 23.3 Å². The number of carbonyl (C=O) groups is 1. The molecule has 6 nitrogen and oxygen atoms in total. The van der Waals surface area contributed by atoms with Gasteiger partial charge in [0.2, 0.25) is 5.91 Å². The Balaban J connectivity index is 1.34. The third kappa shape index (κ3) is 4.13. The minimum atomic E-state index is 0.191. The molecule has 3 heterocycles. The number of nitrogens with zero attached hydrogens (tertiary/aromatic N) is 5. The van der Waals surface area contributed by atoms with Gasteiger partial charge in [-0.3, -0.25) is 4.79 Å². The monoisotopic (exact) mass is 381 g/mol. The Morgan fingerprint density at radius 1 is 1.11 bits per heavy atom. The van der Waals surface area contributed by atoms with Crippen LogP contribution >= 0.6 is 11.8 Å². The first-order valence-corrected chi connectivity index (χ1v) is 10.3. The molecule has 140 valence electrons. The molecule has 1 amide bonds. The molecule has 3 aromatic rings. The first kappa shape index (κ1) is 18.0. The number of benzene rings is 1. The Labute approximate surface area is 163 Å². The number of thioether (sulfide) groups is 1. The molecule has 0 N–H and O–H groups in total. The molecule has 1 saturated heterocycles. The lowest BCUT2D eigenvalue weighted by Gasteiger charge is -2.20. The molecule has 0 unspecified atom stereocenters. The van der Waals surface area contributed by atoms with Crippen LogP contribution in [-0.2, 0) is 4.79 Å². The van der Waals surface area contributed by atoms with Gasteiger partial charge in [-0.15, -0.1) is 10.2 Å². The molecule has 0 saturated carbocycles. The van der Waals surface area contributed by atoms with E-state index in [9.17, 15) is 4.79 Å². The van der Waals surface area contributed by atoms with Crippen LogP contribution in [0, 0.1) is 6.92 Å². The first-order chi connectivity index (χ1) is 13.2. The first-order valence-electron chi connectivity index (χ1n) is 9.35. The lowest BCUT2D eigenvalue weighted by molar-refractivity contribution is -0.128. The molecule has 1 fully saturated rings. The van der Waals surface area contributed by atoms with Crippen LogP contribution in [0.2, 0.25) is 0 Å². The zero-order valence-electron chi connectivity index (χ0n) is 15.4. The van der Waals surface area contributed by atoms with E-state index in [2.05, 4.69) is 45.6 Å². The van der Waals surface area contributed by atoms with E-state index >= 15 is 0 Å². The van der Waals surface area contributed by atoms with Crippen LogP contribution in [0.3, 0.4) is 0 Å². The van der Waals surface area contributed by atoms with E-state index in [4.69, 9.17) is 0 Å². The largest absolute Gasteiger partial charge is 0.342 e. The Morgan fingerprint density at radius 3 is 2.81 bits per heavy atom. The van der Waals surface area contributed by atoms with E-state index in [1.165, 1.54) is 17.3 Å². The van der Waals surface area contributed by atoms with Crippen molar-refractivity contribution in [2.75, 3.05) is 18.8 Å². The predicted octanol–water partition coefficient (Wildman–Crippen LogP) is 3.32. The molecule has 0 spiro atoms. The fraction of sp³-hybridized carbons (Fsp3) is 0.400. The number of fused-ring (bicyclic) bond motifs is 1. The lowest BCUT2D eigenvalue weighted by Crippen LogP contribution is -2.33. The minimum absolute atomic E-state index is 0.191. The number of hydrogen-bond acceptors (Lipinski definition) is 5. The van der Waals surface area contributed by atoms with E-state index in [-0.39, 0.29) is 5.91 Å². The second-order valence-corrected chi connectivity index (χ2v) is 7.89. The summed E-state index contributed by atoms with van der Waals surface area (Å²) < 4.78 is 1.71. The van der Waals surface area contributed by atoms with Crippen LogP contribution in [0.5, 0.6) is 0 Å². The van der Waals surface area contributed by atoms with Crippen molar-refractivity contribution in [2.24, 2.45) is 0 Å². The second-order valence-electron chi connectivity index (χ2n) is 6.90. The number of rotatable bonds is 4. The summed E-state index contributed by atoms with van der Waals surface area (Å²) in [6, 6.07) is 14.4. The van der Waals surface area contributed by atoms with E-state index < -0.39 is 0 Å². The Morgan fingerprint density at radius 2 is 1.96 bits per heavy atom. The van der Waals surface area contributed by atoms with Gasteiger partial charge < -0.3 is 4.90 Å². The number of aryl methyl sites for hydroxylation is 1. The molecule has 1 atom stereocenters. The van der Waals surface area contributed by atoms with Crippen molar-refractivity contribution in [1.29, 1.82) is 0 Å². The molecule has 1 aromatic carbocycles. The van der Waals surface area contributed by atoms with E-state index in [0.29, 0.717) is 11.7 Å². The predicted molar refractivity (Wildman–Crippen MR) is 106 cm³/mol. The van der Waals surface area contributed by atoms with Gasteiger partial charge in [0.15, 0.2) is 11.5 Å². The number of amides is 1. The topological polar surface area (TPSA) is 63.4 Å². The summed E-state index contributed by atoms with van der Waals surface area (Å²) >= 11 is 1.47. The minimum Gasteiger partial charge on any atom is -0.342 e. The lowest BCUT2D eigenvalue weighted by atomic mass is 9.92. The molecular formula is C20H23N5OS. The number of aromatic nitrogens is 4. The zero-order chi connectivity index (χ0) is 18.6. The third-order valence-corrected chi connectivity index (χ3v) is 5.99. The van der Waals surface area contributed by atoms with Crippen molar-refractivity contribution < 1.29 is 4.79 Å². The summed E-state index contributed by atoms with van der Waals surface area (Å²) in [5.41, 5.74) is 2.12. The molecule has 7 heteroatoms. The number of likely N-dealkylation sites (tertiary alicyclic amines) is 1. The second kappa shape index (κ2) is 8.08. The summed E-state index contributed by atoms with van der Waals surface area (Å²) in [6.07, 6.45) is 3.23. The standard InChI is InChI=1S/C20H23N5OS/c1-15-21-22-18-9-10-19(23-25(15)18)27-14-20(26)24-12-5-8-17(11-13-24)16-6-3-2-4-7-16/h2-4,6-7,9-10,17H,5,8,11-14H2,1H3/t17-/m1/s1. The van der Waals surface area contributed by atoms with Gasteiger partial charge in [-0.05, 0) is 49.8 Å². The average molecular weight is 382 g/mol. The highest BCUT2D eigenvalue weighted by atomic mass is 32.2. The Bertz CT molecular complexity index is 927. The van der Waals surface area contributed by atoms with E-state index in [0.717, 1.165) is 48.8 Å². The van der Waals surface area contributed by atoms with Gasteiger partial charge in [-0.25, -0.2) is 0 Å². The van der Waals surface area contributed by atoms with Crippen LogP contribution < -0.4 is 0 Å². The van der Waals surface area contributed by atoms with Gasteiger partial charge in [-0.2, -0.15) is 9.61 Å². The maximum atomic E-state index is 12.7. The molecule has 0 aliphatic carbocycles. The van der Waals surface area contributed by atoms with E-state index in [1.807, 2.05) is 24.0 Å². The number of hydrogen-bond donors (Lipinski definition) is 0. The maximum Gasteiger partial charge on any atom is 0.232 e. The van der Waals surface area contributed by atoms with Gasteiger partial charge in [0.1, 0.15) is 5.03 Å². The molecule has 1 aliphatic heterocycles. The third-order valence-electron chi connectivity index (χ3n) is 5.09. The maximum absolute atomic E-state index is 12.7. The van der Waals surface area contributed by atoms with Gasteiger partial charge in [0.05, 0.1) is 5.75 Å². The highest BCUT2D eigenvalue weighted by molar-refractivity contribution is 7.99. The molecule has 1 aliphatic rings. The normalized spacial score (nSPS) is 17.8. The summed E-state index contributed by atoms with van der Waals surface area (Å²) in [5, 5.41) is 13.4. The van der Waals surface area contributed by atoms with Crippen molar-refractivity contribution in [1.82, 2.24) is 24.7 Å². The molecular weight excluding hydrogens is 358 g/mol. The van der Waals surface area contributed by atoms with Gasteiger partial charge in [0.25, 0.3) is 0 Å². The molecule has 27 heavy (non-hydrogen) atoms. The van der Waals surface area contributed by atoms with Crippen molar-refractivity contribution in [3.8, 4) is 0 Å². The van der Waals surface area contributed by atoms with Crippen LogP contribution in [0.4, 0.5) is 0 Å². The van der Waals surface area contributed by atoms with Gasteiger partial charge >= 0.3 is 0 Å². The molecule has 0 bridgehead atoms. The van der Waals surface area contributed by atoms with Crippen molar-refractivity contribution in [2.45, 2.75) is 37.1 Å². The van der Waals surface area contributed by atoms with Gasteiger partial charge in [-0.1, -0.05) is 42.1 Å². The fourth-order valence-electron chi connectivity index (χ4n) is 3.59. The van der Waals surface area contributed by atoms with Crippen molar-refractivity contribution in [3.63, 3.8) is 0 Å². The van der Waals surface area contributed by atoms with Crippen LogP contribution in [-0.4, -0.2) is 49.5 Å². The molecule has 4 rings (SSSR count). The van der Waals surface area contributed by atoms with Gasteiger partial charge in [0, 0.05) is 13.1 Å². The smallest absolute Gasteiger partial charge is 0.232 e. The zero-order valence-corrected chi connectivity index (χ0v) is 16.2. The summed E-state index contributed by atoms with van der Waals surface area (Å²) in [4.78, 5) is 14.7. The van der Waals surface area contributed by atoms with Crippen LogP contribution in [0.1, 0.15) is 36.6 Å². The molecule has 0 radical (unpaired) electrons. The quantitative estimate of drug-likeness (QED) is 0.649. The summed E-state index contributed by atoms with van der Waals surface area (Å²) in [5.74, 6) is 1.90. The average Bonchev–Trinajstić information content (AvgIpc) is 2.92. The highest BCUT2D eigenvalue weighted by Crippen LogP contribution is 2.28. The highest BCUT2D eigenvalue weighted by Gasteiger charge is 2.21. The van der Waals surface area contributed by atoms with Crippen LogP contribution in [0.15, 0.2) is 47.5 Å². The van der Waals surface area contributed by atoms with Crippen LogP contribution in [0.25, 0.3) is 5.65 Å². The van der Waals surface area contributed by atoms with E-state index in [1.54, 1.807) is 4.52 Å². The fourth-order valence-corrected chi connectivity index (χ4v) is 4.35. The van der Waals surface area contributed by atoms with Crippen molar-refractivity contribution in [3.05, 3.63) is 53.9 Å². The Hall–Kier alpha value is -2.41. The summed E-state index contributed by atoms with van der Waals surface area (Å²) in [6.45, 7) is 3.54. The SMILES string of the molecule is Cc1nnc2ccc(SCC(=O)N3CCC[C@@H](c4ccccc4)CC3)nn12. The summed E-state index contributed by atoms with van der Waals surface area (Å²) in [7, 11) is 0. The number of carbonyl (C=O) groups excluding carboxylic acids is 1. The Kier molecular flexibility index (Phi) is 5.38. The molecule has 2 aromatic heterocycles.